The minimum atomic E-state index is -0.0903. The number of hydrogen-bond acceptors (Lipinski definition) is 4. The van der Waals surface area contributed by atoms with Crippen LogP contribution in [0.15, 0.2) is 48.9 Å². The van der Waals surface area contributed by atoms with Gasteiger partial charge < -0.3 is 4.90 Å². The summed E-state index contributed by atoms with van der Waals surface area (Å²) in [6.07, 6.45) is 6.41. The van der Waals surface area contributed by atoms with Crippen LogP contribution in [0, 0.1) is 0 Å². The molecule has 0 bridgehead atoms. The largest absolute Gasteiger partial charge is 0.330 e. The molecule has 1 aliphatic heterocycles. The van der Waals surface area contributed by atoms with Crippen LogP contribution < -0.4 is 0 Å². The molecule has 0 fully saturated rings. The van der Waals surface area contributed by atoms with Crippen molar-refractivity contribution in [2.45, 2.75) is 19.4 Å². The quantitative estimate of drug-likeness (QED) is 0.531. The second kappa shape index (κ2) is 6.55. The molecule has 0 saturated heterocycles. The van der Waals surface area contributed by atoms with E-state index in [4.69, 9.17) is 5.10 Å². The summed E-state index contributed by atoms with van der Waals surface area (Å²) >= 11 is 0. The number of aromatic nitrogens is 5. The van der Waals surface area contributed by atoms with Crippen LogP contribution >= 0.6 is 0 Å². The topological polar surface area (TPSA) is 68.8 Å². The molecular weight excluding hydrogens is 364 g/mol. The van der Waals surface area contributed by atoms with Crippen molar-refractivity contribution in [2.24, 2.45) is 14.1 Å². The highest BCUT2D eigenvalue weighted by Gasteiger charge is 2.33. The Balaban J connectivity index is 1.49. The molecule has 0 radical (unpaired) electrons. The van der Waals surface area contributed by atoms with Gasteiger partial charge in [-0.15, -0.1) is 0 Å². The van der Waals surface area contributed by atoms with E-state index < -0.39 is 0 Å². The third kappa shape index (κ3) is 2.81. The number of hydrogen-bond donors (Lipinski definition) is 0. The van der Waals surface area contributed by atoms with E-state index in [-0.39, 0.29) is 11.9 Å². The maximum atomic E-state index is 13.3. The van der Waals surface area contributed by atoms with Gasteiger partial charge in [-0.1, -0.05) is 6.07 Å². The first kappa shape index (κ1) is 17.6. The van der Waals surface area contributed by atoms with Gasteiger partial charge in [0.15, 0.2) is 0 Å². The molecule has 146 valence electrons. The van der Waals surface area contributed by atoms with E-state index in [0.717, 1.165) is 34.3 Å². The van der Waals surface area contributed by atoms with Gasteiger partial charge in [0, 0.05) is 55.1 Å². The maximum absolute atomic E-state index is 13.3. The Labute approximate surface area is 168 Å². The molecule has 1 amide bonds. The fourth-order valence-electron chi connectivity index (χ4n) is 4.30. The maximum Gasteiger partial charge on any atom is 0.254 e. The third-order valence-corrected chi connectivity index (χ3v) is 5.73. The monoisotopic (exact) mass is 386 g/mol. The summed E-state index contributed by atoms with van der Waals surface area (Å²) in [7, 11) is 3.87. The fourth-order valence-corrected chi connectivity index (χ4v) is 4.30. The van der Waals surface area contributed by atoms with Crippen molar-refractivity contribution in [3.63, 3.8) is 0 Å². The minimum absolute atomic E-state index is 0.0301. The number of pyridine rings is 1. The highest BCUT2D eigenvalue weighted by Crippen LogP contribution is 2.36. The van der Waals surface area contributed by atoms with Crippen molar-refractivity contribution in [1.82, 2.24) is 29.4 Å². The summed E-state index contributed by atoms with van der Waals surface area (Å²) in [5.74, 6) is 0.0301. The zero-order valence-electron chi connectivity index (χ0n) is 16.7. The molecule has 7 nitrogen and oxygen atoms in total. The number of nitrogens with zero attached hydrogens (tertiary/aromatic N) is 6. The van der Waals surface area contributed by atoms with Crippen LogP contribution in [-0.2, 0) is 20.5 Å². The number of carbonyl (C=O) groups excluding carboxylic acids is 1. The predicted molar refractivity (Wildman–Crippen MR) is 110 cm³/mol. The molecular formula is C22H22N6O. The third-order valence-electron chi connectivity index (χ3n) is 5.73. The molecule has 7 heteroatoms. The van der Waals surface area contributed by atoms with E-state index >= 15 is 0 Å². The molecule has 29 heavy (non-hydrogen) atoms. The van der Waals surface area contributed by atoms with Gasteiger partial charge in [-0.25, -0.2) is 0 Å². The number of benzene rings is 1. The summed E-state index contributed by atoms with van der Waals surface area (Å²) in [6.45, 7) is 2.72. The van der Waals surface area contributed by atoms with Gasteiger partial charge in [0.2, 0.25) is 0 Å². The lowest BCUT2D eigenvalue weighted by atomic mass is 9.96. The molecule has 5 rings (SSSR count). The highest BCUT2D eigenvalue weighted by molar-refractivity contribution is 5.98. The van der Waals surface area contributed by atoms with Crippen LogP contribution in [0.2, 0.25) is 0 Å². The van der Waals surface area contributed by atoms with Gasteiger partial charge in [-0.3, -0.25) is 19.1 Å². The van der Waals surface area contributed by atoms with E-state index in [1.54, 1.807) is 10.9 Å². The van der Waals surface area contributed by atoms with Crippen molar-refractivity contribution in [3.05, 3.63) is 65.7 Å². The van der Waals surface area contributed by atoms with Crippen LogP contribution in [0.5, 0.6) is 0 Å². The SMILES string of the molecule is CC1c2nn(C)c(-c3cnn(C)c3)c2CCN1C(=O)c1ccc2ncccc2c1. The Kier molecular flexibility index (Phi) is 3.97. The molecule has 1 aliphatic rings. The Bertz CT molecular complexity index is 1240. The zero-order valence-corrected chi connectivity index (χ0v) is 16.7. The van der Waals surface area contributed by atoms with E-state index in [1.807, 2.05) is 66.4 Å². The smallest absolute Gasteiger partial charge is 0.254 e. The predicted octanol–water partition coefficient (Wildman–Crippen LogP) is 3.13. The molecule has 0 spiro atoms. The van der Waals surface area contributed by atoms with Crippen molar-refractivity contribution >= 4 is 16.8 Å². The number of rotatable bonds is 2. The Morgan fingerprint density at radius 3 is 2.86 bits per heavy atom. The molecule has 3 aromatic heterocycles. The van der Waals surface area contributed by atoms with Crippen molar-refractivity contribution in [3.8, 4) is 11.3 Å². The average Bonchev–Trinajstić information content (AvgIpc) is 3.30. The summed E-state index contributed by atoms with van der Waals surface area (Å²) in [6, 6.07) is 9.47. The summed E-state index contributed by atoms with van der Waals surface area (Å²) in [5.41, 5.74) is 5.89. The molecule has 1 aromatic carbocycles. The number of amides is 1. The normalized spacial score (nSPS) is 16.2. The lowest BCUT2D eigenvalue weighted by Crippen LogP contribution is -2.38. The molecule has 1 atom stereocenters. The fraction of sp³-hybridized carbons (Fsp3) is 0.273. The van der Waals surface area contributed by atoms with Crippen LogP contribution in [0.3, 0.4) is 0 Å². The molecule has 1 unspecified atom stereocenters. The standard InChI is InChI=1S/C22H22N6O/c1-14-20-18(21(27(3)25-20)17-12-24-26(2)13-17)8-10-28(14)22(29)16-6-7-19-15(11-16)5-4-9-23-19/h4-7,9,11-14H,8,10H2,1-3H3. The van der Waals surface area contributed by atoms with Crippen LogP contribution in [0.4, 0.5) is 0 Å². The van der Waals surface area contributed by atoms with Crippen LogP contribution in [0.25, 0.3) is 22.2 Å². The lowest BCUT2D eigenvalue weighted by Gasteiger charge is -2.33. The number of aryl methyl sites for hydroxylation is 2. The molecule has 4 heterocycles. The van der Waals surface area contributed by atoms with Gasteiger partial charge in [0.25, 0.3) is 5.91 Å². The Hall–Kier alpha value is -3.48. The molecule has 0 aliphatic carbocycles. The van der Waals surface area contributed by atoms with Gasteiger partial charge in [-0.05, 0) is 37.6 Å². The first-order chi connectivity index (χ1) is 14.0. The van der Waals surface area contributed by atoms with Gasteiger partial charge in [-0.2, -0.15) is 10.2 Å². The second-order valence-corrected chi connectivity index (χ2v) is 7.57. The lowest BCUT2D eigenvalue weighted by molar-refractivity contribution is 0.0674. The summed E-state index contributed by atoms with van der Waals surface area (Å²) in [4.78, 5) is 19.5. The first-order valence-corrected chi connectivity index (χ1v) is 9.73. The summed E-state index contributed by atoms with van der Waals surface area (Å²) < 4.78 is 3.71. The van der Waals surface area contributed by atoms with E-state index in [0.29, 0.717) is 12.1 Å². The van der Waals surface area contributed by atoms with Crippen molar-refractivity contribution < 1.29 is 4.79 Å². The van der Waals surface area contributed by atoms with Gasteiger partial charge >= 0.3 is 0 Å². The molecule has 4 aromatic rings. The molecule has 0 N–H and O–H groups in total. The van der Waals surface area contributed by atoms with Crippen molar-refractivity contribution in [2.75, 3.05) is 6.54 Å². The number of fused-ring (bicyclic) bond motifs is 2. The van der Waals surface area contributed by atoms with E-state index in [2.05, 4.69) is 17.0 Å². The van der Waals surface area contributed by atoms with E-state index in [1.165, 1.54) is 5.56 Å². The van der Waals surface area contributed by atoms with Gasteiger partial charge in [0.1, 0.15) is 0 Å². The van der Waals surface area contributed by atoms with Crippen LogP contribution in [0.1, 0.15) is 34.6 Å². The van der Waals surface area contributed by atoms with E-state index in [9.17, 15) is 4.79 Å². The second-order valence-electron chi connectivity index (χ2n) is 7.57. The average molecular weight is 386 g/mol. The number of carbonyl (C=O) groups is 1. The first-order valence-electron chi connectivity index (χ1n) is 9.73. The van der Waals surface area contributed by atoms with Crippen LogP contribution in [-0.4, -0.2) is 41.9 Å². The minimum Gasteiger partial charge on any atom is -0.330 e. The molecule has 0 saturated carbocycles. The highest BCUT2D eigenvalue weighted by atomic mass is 16.2. The van der Waals surface area contributed by atoms with Crippen molar-refractivity contribution in [1.29, 1.82) is 0 Å². The Morgan fingerprint density at radius 1 is 1.21 bits per heavy atom. The van der Waals surface area contributed by atoms with Gasteiger partial charge in [0.05, 0.1) is 29.1 Å². The Morgan fingerprint density at radius 2 is 2.07 bits per heavy atom. The summed E-state index contributed by atoms with van der Waals surface area (Å²) in [5, 5.41) is 10.0. The zero-order chi connectivity index (χ0) is 20.1.